The molecule has 0 fully saturated rings. The van der Waals surface area contributed by atoms with Crippen molar-refractivity contribution in [3.05, 3.63) is 31.9 Å². The summed E-state index contributed by atoms with van der Waals surface area (Å²) in [6.07, 6.45) is 1.09. The lowest BCUT2D eigenvalue weighted by molar-refractivity contribution is 0.510. The van der Waals surface area contributed by atoms with Crippen molar-refractivity contribution in [3.8, 4) is 0 Å². The van der Waals surface area contributed by atoms with Gasteiger partial charge in [0.2, 0.25) is 0 Å². The molecule has 2 aromatic rings. The highest BCUT2D eigenvalue weighted by atomic mass is 79.9. The van der Waals surface area contributed by atoms with Crippen molar-refractivity contribution in [2.24, 2.45) is 0 Å². The third-order valence-electron chi connectivity index (χ3n) is 2.86. The molecule has 2 nitrogen and oxygen atoms in total. The van der Waals surface area contributed by atoms with Crippen LogP contribution in [0.1, 0.15) is 24.7 Å². The van der Waals surface area contributed by atoms with Gasteiger partial charge in [0.15, 0.2) is 5.58 Å². The van der Waals surface area contributed by atoms with Gasteiger partial charge in [-0.1, -0.05) is 30.1 Å². The highest BCUT2D eigenvalue weighted by Crippen LogP contribution is 2.40. The first-order valence-electron chi connectivity index (χ1n) is 5.82. The first-order valence-corrected chi connectivity index (χ1v) is 7.37. The van der Waals surface area contributed by atoms with E-state index in [1.54, 1.807) is 6.07 Å². The Balaban J connectivity index is 2.49. The summed E-state index contributed by atoms with van der Waals surface area (Å²) in [6.45, 7) is 5.78. The van der Waals surface area contributed by atoms with E-state index in [0.29, 0.717) is 22.2 Å². The lowest BCUT2D eigenvalue weighted by Crippen LogP contribution is -2.13. The average molecular weight is 351 g/mol. The number of benzene rings is 1. The van der Waals surface area contributed by atoms with Crippen LogP contribution in [0, 0.1) is 6.92 Å². The van der Waals surface area contributed by atoms with E-state index >= 15 is 0 Å². The molecule has 1 aromatic carbocycles. The molecule has 0 saturated heterocycles. The number of rotatable bonds is 4. The van der Waals surface area contributed by atoms with Gasteiger partial charge in [0.05, 0.1) is 16.6 Å². The van der Waals surface area contributed by atoms with E-state index in [0.717, 1.165) is 34.1 Å². The Kier molecular flexibility index (Phi) is 4.59. The van der Waals surface area contributed by atoms with Crippen molar-refractivity contribution >= 4 is 50.1 Å². The van der Waals surface area contributed by atoms with Crippen molar-refractivity contribution in [3.63, 3.8) is 0 Å². The highest BCUT2D eigenvalue weighted by Gasteiger charge is 2.17. The standard InChI is InChI=1S/C13H14BrCl2NO/c1-3-4-17-6-10-7(2)11-12(16)8(14)5-9(15)13(11)18-10/h5,17H,3-4,6H2,1-2H3. The maximum Gasteiger partial charge on any atom is 0.154 e. The van der Waals surface area contributed by atoms with E-state index in [4.69, 9.17) is 27.6 Å². The van der Waals surface area contributed by atoms with Gasteiger partial charge in [0.25, 0.3) is 0 Å². The van der Waals surface area contributed by atoms with Crippen LogP contribution in [0.2, 0.25) is 10.0 Å². The molecule has 0 radical (unpaired) electrons. The van der Waals surface area contributed by atoms with E-state index < -0.39 is 0 Å². The Morgan fingerprint density at radius 2 is 2.11 bits per heavy atom. The van der Waals surface area contributed by atoms with E-state index in [1.165, 1.54) is 0 Å². The van der Waals surface area contributed by atoms with Crippen molar-refractivity contribution in [2.45, 2.75) is 26.8 Å². The van der Waals surface area contributed by atoms with Gasteiger partial charge in [-0.3, -0.25) is 0 Å². The van der Waals surface area contributed by atoms with Crippen LogP contribution in [0.15, 0.2) is 15.0 Å². The predicted molar refractivity (Wildman–Crippen MR) is 80.7 cm³/mol. The summed E-state index contributed by atoms with van der Waals surface area (Å²) in [6, 6.07) is 1.76. The fourth-order valence-electron chi connectivity index (χ4n) is 1.90. The molecule has 0 saturated carbocycles. The summed E-state index contributed by atoms with van der Waals surface area (Å²) >= 11 is 15.9. The quantitative estimate of drug-likeness (QED) is 0.597. The molecule has 0 aliphatic heterocycles. The monoisotopic (exact) mass is 349 g/mol. The van der Waals surface area contributed by atoms with Crippen LogP contribution in [0.4, 0.5) is 0 Å². The van der Waals surface area contributed by atoms with Crippen LogP contribution in [0.3, 0.4) is 0 Å². The van der Waals surface area contributed by atoms with Crippen LogP contribution in [-0.2, 0) is 6.54 Å². The first kappa shape index (κ1) is 14.2. The molecule has 0 spiro atoms. The second-order valence-electron chi connectivity index (χ2n) is 4.19. The lowest BCUT2D eigenvalue weighted by Gasteiger charge is -2.00. The van der Waals surface area contributed by atoms with Gasteiger partial charge in [-0.05, 0) is 41.9 Å². The number of nitrogens with one attached hydrogen (secondary N) is 1. The van der Waals surface area contributed by atoms with Crippen LogP contribution in [-0.4, -0.2) is 6.54 Å². The molecular weight excluding hydrogens is 337 g/mol. The molecule has 0 atom stereocenters. The Bertz CT molecular complexity index is 580. The topological polar surface area (TPSA) is 25.2 Å². The minimum atomic E-state index is 0.575. The summed E-state index contributed by atoms with van der Waals surface area (Å²) in [7, 11) is 0. The second-order valence-corrected chi connectivity index (χ2v) is 5.82. The van der Waals surface area contributed by atoms with Gasteiger partial charge in [-0.15, -0.1) is 0 Å². The molecule has 18 heavy (non-hydrogen) atoms. The molecule has 98 valence electrons. The third kappa shape index (κ3) is 2.55. The average Bonchev–Trinajstić information content (AvgIpc) is 2.65. The Hall–Kier alpha value is -0.220. The number of hydrogen-bond acceptors (Lipinski definition) is 2. The fourth-order valence-corrected chi connectivity index (χ4v) is 2.98. The lowest BCUT2D eigenvalue weighted by atomic mass is 10.1. The fraction of sp³-hybridized carbons (Fsp3) is 0.385. The smallest absolute Gasteiger partial charge is 0.154 e. The van der Waals surface area contributed by atoms with E-state index in [2.05, 4.69) is 28.2 Å². The van der Waals surface area contributed by atoms with Crippen molar-refractivity contribution in [1.82, 2.24) is 5.32 Å². The molecular formula is C13H14BrCl2NO. The molecule has 1 N–H and O–H groups in total. The largest absolute Gasteiger partial charge is 0.458 e. The van der Waals surface area contributed by atoms with Gasteiger partial charge >= 0.3 is 0 Å². The molecule has 0 amide bonds. The zero-order valence-corrected chi connectivity index (χ0v) is 13.3. The highest BCUT2D eigenvalue weighted by molar-refractivity contribution is 9.10. The van der Waals surface area contributed by atoms with Gasteiger partial charge in [-0.2, -0.15) is 0 Å². The van der Waals surface area contributed by atoms with Crippen LogP contribution >= 0.6 is 39.1 Å². The van der Waals surface area contributed by atoms with E-state index in [-0.39, 0.29) is 0 Å². The molecule has 2 rings (SSSR count). The number of aryl methyl sites for hydroxylation is 1. The minimum absolute atomic E-state index is 0.575. The van der Waals surface area contributed by atoms with Crippen LogP contribution in [0.5, 0.6) is 0 Å². The maximum absolute atomic E-state index is 6.29. The van der Waals surface area contributed by atoms with Gasteiger partial charge in [-0.25, -0.2) is 0 Å². The van der Waals surface area contributed by atoms with Crippen molar-refractivity contribution in [1.29, 1.82) is 0 Å². The summed E-state index contributed by atoms with van der Waals surface area (Å²) in [5.74, 6) is 0.889. The van der Waals surface area contributed by atoms with Crippen molar-refractivity contribution in [2.75, 3.05) is 6.54 Å². The summed E-state index contributed by atoms with van der Waals surface area (Å²) in [4.78, 5) is 0. The van der Waals surface area contributed by atoms with Gasteiger partial charge in [0, 0.05) is 15.4 Å². The van der Waals surface area contributed by atoms with Crippen molar-refractivity contribution < 1.29 is 4.42 Å². The molecule has 0 bridgehead atoms. The SMILES string of the molecule is CCCNCc1oc2c(Cl)cc(Br)c(Cl)c2c1C. The second kappa shape index (κ2) is 5.83. The first-order chi connectivity index (χ1) is 8.56. The minimum Gasteiger partial charge on any atom is -0.458 e. The molecule has 0 aliphatic carbocycles. The molecule has 1 heterocycles. The molecule has 0 aliphatic rings. The molecule has 5 heteroatoms. The molecule has 0 unspecified atom stereocenters. The summed E-state index contributed by atoms with van der Waals surface area (Å²) in [5, 5.41) is 5.43. The predicted octanol–water partition coefficient (Wildman–Crippen LogP) is 5.31. The molecule has 1 aromatic heterocycles. The number of furan rings is 1. The third-order valence-corrected chi connectivity index (χ3v) is 4.38. The number of halogens is 3. The summed E-state index contributed by atoms with van der Waals surface area (Å²) < 4.78 is 6.60. The zero-order chi connectivity index (χ0) is 13.3. The number of hydrogen-bond donors (Lipinski definition) is 1. The zero-order valence-electron chi connectivity index (χ0n) is 10.2. The Morgan fingerprint density at radius 1 is 1.39 bits per heavy atom. The Morgan fingerprint density at radius 3 is 2.78 bits per heavy atom. The maximum atomic E-state index is 6.29. The summed E-state index contributed by atoms with van der Waals surface area (Å²) in [5.41, 5.74) is 1.71. The van der Waals surface area contributed by atoms with E-state index in [1.807, 2.05) is 6.92 Å². The Labute approximate surface area is 125 Å². The number of fused-ring (bicyclic) bond motifs is 1. The van der Waals surface area contributed by atoms with Crippen LogP contribution in [0.25, 0.3) is 11.0 Å². The normalized spacial score (nSPS) is 11.4. The van der Waals surface area contributed by atoms with Gasteiger partial charge < -0.3 is 9.73 Å². The van der Waals surface area contributed by atoms with E-state index in [9.17, 15) is 0 Å². The van der Waals surface area contributed by atoms with Gasteiger partial charge in [0.1, 0.15) is 5.76 Å². The van der Waals surface area contributed by atoms with Crippen LogP contribution < -0.4 is 5.32 Å².